The highest BCUT2D eigenvalue weighted by atomic mass is 16.5. The summed E-state index contributed by atoms with van der Waals surface area (Å²) in [7, 11) is 0. The fourth-order valence-corrected chi connectivity index (χ4v) is 4.56. The number of carbonyl (C=O) groups is 3. The number of hydrogen-bond donors (Lipinski definition) is 5. The summed E-state index contributed by atoms with van der Waals surface area (Å²) in [6, 6.07) is 18.3. The fraction of sp³-hybridized carbons (Fsp3) is 0.300. The van der Waals surface area contributed by atoms with Crippen LogP contribution in [0.15, 0.2) is 72.8 Å². The van der Waals surface area contributed by atoms with Gasteiger partial charge in [-0.2, -0.15) is 0 Å². The fourth-order valence-electron chi connectivity index (χ4n) is 4.56. The van der Waals surface area contributed by atoms with Crippen molar-refractivity contribution >= 4 is 23.6 Å². The average molecular weight is 547 g/mol. The summed E-state index contributed by atoms with van der Waals surface area (Å²) in [6.45, 7) is 4.17. The van der Waals surface area contributed by atoms with Gasteiger partial charge in [0.25, 0.3) is 0 Å². The first kappa shape index (κ1) is 28.4. The Labute approximate surface area is 233 Å². The number of urea groups is 1. The highest BCUT2D eigenvalue weighted by Gasteiger charge is 2.28. The number of amides is 3. The molecule has 4 rings (SSSR count). The van der Waals surface area contributed by atoms with E-state index in [1.165, 1.54) is 12.1 Å². The molecule has 40 heavy (non-hydrogen) atoms. The van der Waals surface area contributed by atoms with Crippen LogP contribution >= 0.6 is 0 Å². The van der Waals surface area contributed by atoms with Crippen molar-refractivity contribution in [2.24, 2.45) is 0 Å². The molecule has 0 spiro atoms. The van der Waals surface area contributed by atoms with E-state index in [0.29, 0.717) is 24.3 Å². The molecule has 2 atom stereocenters. The van der Waals surface area contributed by atoms with Crippen LogP contribution in [0.1, 0.15) is 34.8 Å². The molecule has 0 aliphatic carbocycles. The number of carbonyl (C=O) groups excluding carboxylic acids is 3. The van der Waals surface area contributed by atoms with Gasteiger partial charge in [-0.3, -0.25) is 9.69 Å². The molecular weight excluding hydrogens is 512 g/mol. The summed E-state index contributed by atoms with van der Waals surface area (Å²) in [5.74, 6) is -0.420. The molecule has 1 aliphatic heterocycles. The summed E-state index contributed by atoms with van der Waals surface area (Å²) in [4.78, 5) is 40.3. The molecule has 3 aromatic carbocycles. The van der Waals surface area contributed by atoms with E-state index in [9.17, 15) is 24.6 Å². The first-order valence-corrected chi connectivity index (χ1v) is 13.2. The molecule has 210 valence electrons. The van der Waals surface area contributed by atoms with Gasteiger partial charge < -0.3 is 30.9 Å². The largest absolute Gasteiger partial charge is 0.508 e. The van der Waals surface area contributed by atoms with E-state index >= 15 is 0 Å². The number of phenols is 2. The van der Waals surface area contributed by atoms with E-state index in [0.717, 1.165) is 24.1 Å². The molecule has 0 radical (unpaired) electrons. The monoisotopic (exact) mass is 546 g/mol. The Kier molecular flexibility index (Phi) is 9.58. The minimum atomic E-state index is -0.866. The molecule has 10 heteroatoms. The van der Waals surface area contributed by atoms with Gasteiger partial charge >= 0.3 is 12.0 Å². The number of benzene rings is 3. The number of likely N-dealkylation sites (tertiary alicyclic amines) is 1. The summed E-state index contributed by atoms with van der Waals surface area (Å²) in [5, 5.41) is 27.7. The lowest BCUT2D eigenvalue weighted by Gasteiger charge is -2.22. The Morgan fingerprint density at radius 3 is 2.17 bits per heavy atom. The second-order valence-corrected chi connectivity index (χ2v) is 9.72. The summed E-state index contributed by atoms with van der Waals surface area (Å²) in [5.41, 5.74) is 2.67. The van der Waals surface area contributed by atoms with Gasteiger partial charge in [-0.25, -0.2) is 9.59 Å². The maximum Gasteiger partial charge on any atom is 0.338 e. The lowest BCUT2D eigenvalue weighted by molar-refractivity contribution is -0.123. The van der Waals surface area contributed by atoms with Crippen LogP contribution in [0.4, 0.5) is 10.5 Å². The predicted octanol–water partition coefficient (Wildman–Crippen LogP) is 3.40. The van der Waals surface area contributed by atoms with Crippen LogP contribution in [0.5, 0.6) is 11.5 Å². The molecule has 1 fully saturated rings. The predicted molar refractivity (Wildman–Crippen MR) is 150 cm³/mol. The Morgan fingerprint density at radius 2 is 1.55 bits per heavy atom. The third kappa shape index (κ3) is 8.21. The van der Waals surface area contributed by atoms with Gasteiger partial charge in [-0.05, 0) is 73.0 Å². The van der Waals surface area contributed by atoms with Crippen molar-refractivity contribution in [2.75, 3.05) is 25.0 Å². The Balaban J connectivity index is 1.37. The topological polar surface area (TPSA) is 140 Å². The third-order valence-corrected chi connectivity index (χ3v) is 6.61. The molecule has 1 heterocycles. The number of nitrogens with one attached hydrogen (secondary N) is 3. The van der Waals surface area contributed by atoms with Crippen molar-refractivity contribution in [3.8, 4) is 11.5 Å². The zero-order valence-electron chi connectivity index (χ0n) is 22.3. The second-order valence-electron chi connectivity index (χ2n) is 9.72. The molecule has 1 saturated heterocycles. The highest BCUT2D eigenvalue weighted by molar-refractivity contribution is 5.95. The van der Waals surface area contributed by atoms with Gasteiger partial charge in [-0.1, -0.05) is 24.3 Å². The number of esters is 1. The molecule has 0 saturated carbocycles. The van der Waals surface area contributed by atoms with Crippen molar-refractivity contribution in [2.45, 2.75) is 38.4 Å². The number of aromatic hydroxyl groups is 2. The second kappa shape index (κ2) is 13.5. The number of phenolic OH excluding ortho intramolecular Hbond substituents is 2. The number of ether oxygens (including phenoxy) is 1. The Bertz CT molecular complexity index is 1300. The highest BCUT2D eigenvalue weighted by Crippen LogP contribution is 2.17. The van der Waals surface area contributed by atoms with E-state index in [4.69, 9.17) is 4.74 Å². The van der Waals surface area contributed by atoms with Crippen LogP contribution in [-0.4, -0.2) is 64.8 Å². The van der Waals surface area contributed by atoms with Crippen molar-refractivity contribution in [1.29, 1.82) is 0 Å². The van der Waals surface area contributed by atoms with Crippen molar-refractivity contribution in [3.63, 3.8) is 0 Å². The minimum absolute atomic E-state index is 0.0767. The number of rotatable bonds is 10. The van der Waals surface area contributed by atoms with E-state index in [2.05, 4.69) is 20.9 Å². The molecule has 1 aliphatic rings. The van der Waals surface area contributed by atoms with Crippen LogP contribution < -0.4 is 16.0 Å². The van der Waals surface area contributed by atoms with E-state index < -0.39 is 18.0 Å². The van der Waals surface area contributed by atoms with Gasteiger partial charge in [0, 0.05) is 37.8 Å². The molecule has 0 bridgehead atoms. The number of nitrogens with zero attached hydrogens (tertiary/aromatic N) is 1. The van der Waals surface area contributed by atoms with Gasteiger partial charge in [0.05, 0.1) is 12.2 Å². The first-order chi connectivity index (χ1) is 19.3. The minimum Gasteiger partial charge on any atom is -0.508 e. The molecule has 3 aromatic rings. The zero-order chi connectivity index (χ0) is 28.5. The zero-order valence-corrected chi connectivity index (χ0v) is 22.3. The summed E-state index contributed by atoms with van der Waals surface area (Å²) in [6.07, 6.45) is 1.00. The molecule has 0 aromatic heterocycles. The molecule has 3 amide bonds. The van der Waals surface area contributed by atoms with Crippen LogP contribution in [0, 0.1) is 0 Å². The van der Waals surface area contributed by atoms with Crippen molar-refractivity contribution in [1.82, 2.24) is 15.5 Å². The molecular formula is C30H34N4O6. The van der Waals surface area contributed by atoms with E-state index in [1.54, 1.807) is 55.5 Å². The number of hydrogen-bond acceptors (Lipinski definition) is 7. The van der Waals surface area contributed by atoms with Gasteiger partial charge in [-0.15, -0.1) is 0 Å². The quantitative estimate of drug-likeness (QED) is 0.246. The summed E-state index contributed by atoms with van der Waals surface area (Å²) >= 11 is 0. The average Bonchev–Trinajstić information content (AvgIpc) is 3.37. The first-order valence-electron chi connectivity index (χ1n) is 13.2. The van der Waals surface area contributed by atoms with Gasteiger partial charge in [0.1, 0.15) is 17.5 Å². The third-order valence-electron chi connectivity index (χ3n) is 6.61. The molecule has 10 nitrogen and oxygen atoms in total. The van der Waals surface area contributed by atoms with Gasteiger partial charge in [0.15, 0.2) is 0 Å². The van der Waals surface area contributed by atoms with Crippen LogP contribution in [-0.2, 0) is 22.5 Å². The summed E-state index contributed by atoms with van der Waals surface area (Å²) < 4.78 is 4.98. The van der Waals surface area contributed by atoms with Crippen LogP contribution in [0.2, 0.25) is 0 Å². The van der Waals surface area contributed by atoms with E-state index in [-0.39, 0.29) is 36.5 Å². The molecule has 5 N–H and O–H groups in total. The maximum atomic E-state index is 13.3. The van der Waals surface area contributed by atoms with E-state index in [1.807, 2.05) is 12.1 Å². The lowest BCUT2D eigenvalue weighted by Crippen LogP contribution is -2.52. The number of anilines is 1. The van der Waals surface area contributed by atoms with Crippen LogP contribution in [0.3, 0.4) is 0 Å². The van der Waals surface area contributed by atoms with Crippen molar-refractivity contribution < 1.29 is 29.3 Å². The Morgan fingerprint density at radius 1 is 0.925 bits per heavy atom. The smallest absolute Gasteiger partial charge is 0.338 e. The van der Waals surface area contributed by atoms with Crippen molar-refractivity contribution in [3.05, 3.63) is 89.5 Å². The Hall–Kier alpha value is -4.57. The lowest BCUT2D eigenvalue weighted by atomic mass is 10.0. The van der Waals surface area contributed by atoms with Gasteiger partial charge in [0.2, 0.25) is 5.91 Å². The molecule has 1 unspecified atom stereocenters. The van der Waals surface area contributed by atoms with Crippen LogP contribution in [0.25, 0.3) is 0 Å². The standard InChI is InChI=1S/C30H34N4O6/c1-2-40-29(38)22-7-9-23(10-8-22)32-30(39)33-27(17-20-3-11-25(35)12-4-20)28(37)31-24-15-16-34(19-24)18-21-5-13-26(36)14-6-21/h3-14,24,27,35-36H,2,15-19H2,1H3,(H,31,37)(H2,32,33,39)/t24?,27-/m0/s1. The normalized spacial score (nSPS) is 15.7. The maximum absolute atomic E-state index is 13.3. The SMILES string of the molecule is CCOC(=O)c1ccc(NC(=O)N[C@@H](Cc2ccc(O)cc2)C(=O)NC2CCN(Cc3ccc(O)cc3)C2)cc1.